The van der Waals surface area contributed by atoms with Crippen molar-refractivity contribution >= 4 is 50.2 Å². The van der Waals surface area contributed by atoms with Gasteiger partial charge in [-0.1, -0.05) is 68.7 Å². The van der Waals surface area contributed by atoms with Gasteiger partial charge in [-0.3, -0.25) is 4.79 Å². The first-order valence-electron chi connectivity index (χ1n) is 13.0. The lowest BCUT2D eigenvalue weighted by molar-refractivity contribution is -0.150. The monoisotopic (exact) mass is 609 g/mol. The minimum atomic E-state index is -1.47. The van der Waals surface area contributed by atoms with E-state index in [0.29, 0.717) is 27.6 Å². The van der Waals surface area contributed by atoms with E-state index in [1.54, 1.807) is 23.2 Å². The van der Waals surface area contributed by atoms with Crippen molar-refractivity contribution in [2.24, 2.45) is 5.92 Å². The number of nitrogens with zero attached hydrogens (tertiary/aromatic N) is 3. The Bertz CT molecular complexity index is 1490. The lowest BCUT2D eigenvalue weighted by Crippen LogP contribution is -2.54. The summed E-state index contributed by atoms with van der Waals surface area (Å²) in [6.45, 7) is 10.3. The number of likely N-dealkylation sites (tertiary alicyclic amines) is 1. The normalized spacial score (nSPS) is 21.7. The van der Waals surface area contributed by atoms with E-state index in [4.69, 9.17) is 9.40 Å². The van der Waals surface area contributed by atoms with Gasteiger partial charge in [0.1, 0.15) is 16.1 Å². The molecule has 2 aromatic carbocycles. The lowest BCUT2D eigenvalue weighted by Gasteiger charge is -2.38. The van der Waals surface area contributed by atoms with Crippen LogP contribution in [0.15, 0.2) is 62.9 Å². The molecular weight excluding hydrogens is 578 g/mol. The van der Waals surface area contributed by atoms with Crippen molar-refractivity contribution in [2.75, 3.05) is 0 Å². The Labute approximate surface area is 240 Å². The van der Waals surface area contributed by atoms with Crippen LogP contribution in [0.1, 0.15) is 86.2 Å². The van der Waals surface area contributed by atoms with Gasteiger partial charge in [0.15, 0.2) is 5.58 Å². The molecule has 0 unspecified atom stereocenters. The van der Waals surface area contributed by atoms with E-state index in [2.05, 4.69) is 41.7 Å². The molecule has 1 N–H and O–H groups in total. The molecular formula is C30H32BrN3O4S. The van der Waals surface area contributed by atoms with Crippen molar-refractivity contribution in [2.45, 2.75) is 70.4 Å². The predicted octanol–water partition coefficient (Wildman–Crippen LogP) is 7.58. The average Bonchev–Trinajstić information content (AvgIpc) is 3.59. The van der Waals surface area contributed by atoms with E-state index in [0.717, 1.165) is 10.0 Å². The van der Waals surface area contributed by atoms with Gasteiger partial charge in [-0.2, -0.15) is 0 Å². The van der Waals surface area contributed by atoms with Gasteiger partial charge in [-0.05, 0) is 54.0 Å². The molecule has 1 amide bonds. The van der Waals surface area contributed by atoms with Crippen molar-refractivity contribution in [3.05, 3.63) is 80.5 Å². The van der Waals surface area contributed by atoms with Gasteiger partial charge < -0.3 is 14.4 Å². The maximum Gasteiger partial charge on any atom is 0.329 e. The quantitative estimate of drug-likeness (QED) is 0.242. The average molecular weight is 611 g/mol. The molecule has 2 aromatic heterocycles. The highest BCUT2D eigenvalue weighted by Gasteiger charge is 2.61. The van der Waals surface area contributed by atoms with Gasteiger partial charge >= 0.3 is 5.97 Å². The third-order valence-electron chi connectivity index (χ3n) is 7.40. The summed E-state index contributed by atoms with van der Waals surface area (Å²) >= 11 is 5.06. The number of halogens is 1. The van der Waals surface area contributed by atoms with E-state index in [-0.39, 0.29) is 30.1 Å². The Morgan fingerprint density at radius 2 is 1.97 bits per heavy atom. The zero-order valence-electron chi connectivity index (χ0n) is 22.6. The van der Waals surface area contributed by atoms with E-state index in [9.17, 15) is 14.7 Å². The summed E-state index contributed by atoms with van der Waals surface area (Å²) < 4.78 is 7.00. The number of carboxylic acid groups (broad SMARTS) is 1. The van der Waals surface area contributed by atoms with Crippen LogP contribution in [0, 0.1) is 5.92 Å². The minimum absolute atomic E-state index is 0.0192. The molecule has 0 radical (unpaired) electrons. The van der Waals surface area contributed by atoms with Gasteiger partial charge in [0.25, 0.3) is 5.91 Å². The number of thiazole rings is 1. The number of aromatic nitrogens is 2. The summed E-state index contributed by atoms with van der Waals surface area (Å²) in [5, 5.41) is 13.3. The van der Waals surface area contributed by atoms with E-state index < -0.39 is 23.5 Å². The van der Waals surface area contributed by atoms with Crippen LogP contribution in [0.4, 0.5) is 0 Å². The Kier molecular flexibility index (Phi) is 7.18. The van der Waals surface area contributed by atoms with Gasteiger partial charge in [0.05, 0.1) is 12.0 Å². The summed E-state index contributed by atoms with van der Waals surface area (Å²) in [5.74, 6) is -1.43. The molecule has 1 fully saturated rings. The van der Waals surface area contributed by atoms with E-state index in [1.165, 1.54) is 11.3 Å². The number of carboxylic acids is 1. The number of fused-ring (bicyclic) bond motifs is 1. The molecule has 0 bridgehead atoms. The fraction of sp³-hybridized carbons (Fsp3) is 0.400. The zero-order valence-corrected chi connectivity index (χ0v) is 25.0. The largest absolute Gasteiger partial charge is 0.479 e. The molecule has 1 saturated heterocycles. The molecule has 0 aliphatic carbocycles. The van der Waals surface area contributed by atoms with Crippen molar-refractivity contribution in [1.82, 2.24) is 14.9 Å². The molecule has 204 valence electrons. The maximum absolute atomic E-state index is 14.5. The second-order valence-corrected chi connectivity index (χ2v) is 13.5. The molecule has 5 rings (SSSR count). The third kappa shape index (κ3) is 4.91. The summed E-state index contributed by atoms with van der Waals surface area (Å²) in [6.07, 6.45) is 2.14. The van der Waals surface area contributed by atoms with Crippen molar-refractivity contribution < 1.29 is 19.1 Å². The molecule has 9 heteroatoms. The Morgan fingerprint density at radius 1 is 1.23 bits per heavy atom. The second kappa shape index (κ2) is 10.2. The number of oxazole rings is 1. The second-order valence-electron chi connectivity index (χ2n) is 11.7. The molecule has 1 aliphatic heterocycles. The maximum atomic E-state index is 14.5. The number of para-hydroxylation sites is 2. The number of amides is 1. The molecule has 0 spiro atoms. The van der Waals surface area contributed by atoms with Crippen molar-refractivity contribution in [1.29, 1.82) is 0 Å². The van der Waals surface area contributed by atoms with Gasteiger partial charge in [-0.25, -0.2) is 14.8 Å². The smallest absolute Gasteiger partial charge is 0.329 e. The Morgan fingerprint density at radius 3 is 2.56 bits per heavy atom. The Balaban J connectivity index is 1.70. The van der Waals surface area contributed by atoms with Crippen LogP contribution < -0.4 is 0 Å². The van der Waals surface area contributed by atoms with Crippen LogP contribution in [-0.2, 0) is 10.2 Å². The molecule has 0 saturated carbocycles. The van der Waals surface area contributed by atoms with Crippen LogP contribution in [0.5, 0.6) is 0 Å². The zero-order chi connectivity index (χ0) is 28.1. The Hall–Kier alpha value is -3.04. The van der Waals surface area contributed by atoms with Crippen LogP contribution >= 0.6 is 27.3 Å². The highest BCUT2D eigenvalue weighted by molar-refractivity contribution is 9.10. The van der Waals surface area contributed by atoms with Gasteiger partial charge in [0, 0.05) is 21.6 Å². The number of rotatable bonds is 6. The lowest BCUT2D eigenvalue weighted by atomic mass is 9.83. The van der Waals surface area contributed by atoms with Crippen molar-refractivity contribution in [3.63, 3.8) is 0 Å². The fourth-order valence-corrected chi connectivity index (χ4v) is 7.57. The summed E-state index contributed by atoms with van der Waals surface area (Å²) in [4.78, 5) is 38.6. The number of carbonyl (C=O) groups excluding carboxylic acids is 1. The predicted molar refractivity (Wildman–Crippen MR) is 155 cm³/mol. The molecule has 7 nitrogen and oxygen atoms in total. The minimum Gasteiger partial charge on any atom is -0.479 e. The number of aliphatic carboxylic acids is 1. The van der Waals surface area contributed by atoms with Gasteiger partial charge in [-0.15, -0.1) is 11.3 Å². The van der Waals surface area contributed by atoms with E-state index >= 15 is 0 Å². The first kappa shape index (κ1) is 27.5. The van der Waals surface area contributed by atoms with Crippen LogP contribution in [0.3, 0.4) is 0 Å². The highest BCUT2D eigenvalue weighted by atomic mass is 79.9. The molecule has 3 heterocycles. The number of hydrogen-bond donors (Lipinski definition) is 1. The van der Waals surface area contributed by atoms with Gasteiger partial charge in [0.2, 0.25) is 5.89 Å². The molecule has 1 aliphatic rings. The van der Waals surface area contributed by atoms with Crippen LogP contribution in [0.25, 0.3) is 11.1 Å². The van der Waals surface area contributed by atoms with Crippen molar-refractivity contribution in [3.8, 4) is 0 Å². The SMILES string of the molecule is CC(C)C[C@@]1(C(=O)O)C[C@@H](c2nc3ccccc3o2)[C@H](c2nccs2)N1C(=O)c1ccc(C(C)(C)C)c(Br)c1. The number of carbonyl (C=O) groups is 2. The topological polar surface area (TPSA) is 96.5 Å². The number of hydrogen-bond acceptors (Lipinski definition) is 6. The van der Waals surface area contributed by atoms with Crippen LogP contribution in [0.2, 0.25) is 0 Å². The third-order valence-corrected chi connectivity index (χ3v) is 8.90. The molecule has 3 atom stereocenters. The highest BCUT2D eigenvalue weighted by Crippen LogP contribution is 2.55. The summed E-state index contributed by atoms with van der Waals surface area (Å²) in [7, 11) is 0. The number of benzene rings is 2. The summed E-state index contributed by atoms with van der Waals surface area (Å²) in [6, 6.07) is 12.4. The molecule has 39 heavy (non-hydrogen) atoms. The van der Waals surface area contributed by atoms with Crippen LogP contribution in [-0.4, -0.2) is 37.4 Å². The van der Waals surface area contributed by atoms with E-state index in [1.807, 2.05) is 49.6 Å². The summed E-state index contributed by atoms with van der Waals surface area (Å²) in [5.41, 5.74) is 1.21. The molecule has 4 aromatic rings. The first-order chi connectivity index (χ1) is 18.4. The first-order valence-corrected chi connectivity index (χ1v) is 14.7. The fourth-order valence-electron chi connectivity index (χ4n) is 5.80. The standard InChI is InChI=1S/C30H32BrN3O4S/c1-17(2)15-30(28(36)37)16-19(25-33-22-8-6-7-9-23(22)38-25)24(26-32-12-13-39-26)34(30)27(35)18-10-11-20(21(31)14-18)29(3,4)5/h6-14,17,19,24H,15-16H2,1-5H3,(H,36,37)/t19-,24-,30+/m1/s1.